The van der Waals surface area contributed by atoms with Crippen LogP contribution in [0.5, 0.6) is 23.0 Å². The number of hydrogen-bond donors (Lipinski definition) is 0. The second-order valence-corrected chi connectivity index (χ2v) is 7.72. The van der Waals surface area contributed by atoms with Crippen molar-refractivity contribution in [1.29, 1.82) is 0 Å². The van der Waals surface area contributed by atoms with Crippen LogP contribution in [0.25, 0.3) is 0 Å². The number of rotatable bonds is 16. The van der Waals surface area contributed by atoms with Gasteiger partial charge in [0.15, 0.2) is 6.61 Å². The number of benzene rings is 2. The summed E-state index contributed by atoms with van der Waals surface area (Å²) in [6, 6.07) is 13.0. The van der Waals surface area contributed by atoms with Crippen molar-refractivity contribution < 1.29 is 31.8 Å². The summed E-state index contributed by atoms with van der Waals surface area (Å²) in [4.78, 5) is 0. The maximum absolute atomic E-state index is 12.9. The zero-order chi connectivity index (χ0) is 23.2. The van der Waals surface area contributed by atoms with Crippen molar-refractivity contribution in [2.24, 2.45) is 0 Å². The van der Waals surface area contributed by atoms with Gasteiger partial charge in [0.25, 0.3) is 0 Å². The van der Waals surface area contributed by atoms with Crippen LogP contribution in [0, 0.1) is 0 Å². The molecule has 32 heavy (non-hydrogen) atoms. The van der Waals surface area contributed by atoms with Crippen molar-refractivity contribution in [2.75, 3.05) is 13.2 Å². The SMILES string of the molecule is CCCCCCCCCCOc1ccc(Oc2ccc(OCC(F)(F)C(F)F)cc2)cc1. The van der Waals surface area contributed by atoms with Crippen molar-refractivity contribution in [2.45, 2.75) is 70.6 Å². The summed E-state index contributed by atoms with van der Waals surface area (Å²) in [7, 11) is 0. The quantitative estimate of drug-likeness (QED) is 0.188. The Labute approximate surface area is 187 Å². The van der Waals surface area contributed by atoms with Gasteiger partial charge in [0.05, 0.1) is 6.61 Å². The summed E-state index contributed by atoms with van der Waals surface area (Å²) in [6.07, 6.45) is 6.23. The van der Waals surface area contributed by atoms with Crippen LogP contribution in [-0.2, 0) is 0 Å². The summed E-state index contributed by atoms with van der Waals surface area (Å²) in [6.45, 7) is 1.52. The van der Waals surface area contributed by atoms with Gasteiger partial charge in [-0.25, -0.2) is 8.78 Å². The van der Waals surface area contributed by atoms with Gasteiger partial charge in [-0.15, -0.1) is 0 Å². The highest BCUT2D eigenvalue weighted by Crippen LogP contribution is 2.28. The molecule has 0 unspecified atom stereocenters. The molecule has 0 atom stereocenters. The summed E-state index contributed by atoms with van der Waals surface area (Å²) in [5, 5.41) is 0. The minimum absolute atomic E-state index is 0.0578. The molecule has 2 aromatic rings. The molecule has 0 N–H and O–H groups in total. The topological polar surface area (TPSA) is 27.7 Å². The molecule has 7 heteroatoms. The summed E-state index contributed by atoms with van der Waals surface area (Å²) < 4.78 is 66.3. The number of alkyl halides is 4. The molecule has 0 aliphatic rings. The third-order valence-electron chi connectivity index (χ3n) is 4.90. The molecule has 178 valence electrons. The van der Waals surface area contributed by atoms with Gasteiger partial charge in [0, 0.05) is 0 Å². The van der Waals surface area contributed by atoms with E-state index in [9.17, 15) is 17.6 Å². The Morgan fingerprint density at radius 1 is 0.656 bits per heavy atom. The first-order valence-electron chi connectivity index (χ1n) is 11.2. The molecule has 0 amide bonds. The molecule has 0 aromatic heterocycles. The standard InChI is InChI=1S/C25H32F4O3/c1-2-3-4-5-6-7-8-9-18-30-20-10-14-22(15-11-20)32-23-16-12-21(13-17-23)31-19-25(28,29)24(26)27/h10-17,24H,2-9,18-19H2,1H3. The number of hydrogen-bond acceptors (Lipinski definition) is 3. The maximum Gasteiger partial charge on any atom is 0.340 e. The van der Waals surface area contributed by atoms with Crippen LogP contribution in [0.15, 0.2) is 48.5 Å². The minimum Gasteiger partial charge on any atom is -0.494 e. The number of halogens is 4. The van der Waals surface area contributed by atoms with Crippen LogP contribution in [0.3, 0.4) is 0 Å². The molecule has 0 aliphatic heterocycles. The monoisotopic (exact) mass is 456 g/mol. The summed E-state index contributed by atoms with van der Waals surface area (Å²) in [5.74, 6) is -2.31. The predicted octanol–water partition coefficient (Wildman–Crippen LogP) is 8.28. The average Bonchev–Trinajstić information content (AvgIpc) is 2.78. The molecule has 0 spiro atoms. The van der Waals surface area contributed by atoms with Crippen LogP contribution in [0.4, 0.5) is 17.6 Å². The van der Waals surface area contributed by atoms with Crippen LogP contribution in [0.2, 0.25) is 0 Å². The first-order chi connectivity index (χ1) is 15.4. The van der Waals surface area contributed by atoms with E-state index in [1.807, 2.05) is 12.1 Å². The largest absolute Gasteiger partial charge is 0.494 e. The van der Waals surface area contributed by atoms with Crippen LogP contribution in [0.1, 0.15) is 58.3 Å². The van der Waals surface area contributed by atoms with E-state index in [-0.39, 0.29) is 5.75 Å². The third kappa shape index (κ3) is 9.79. The van der Waals surface area contributed by atoms with Gasteiger partial charge in [0.1, 0.15) is 23.0 Å². The van der Waals surface area contributed by atoms with Crippen molar-refractivity contribution in [3.63, 3.8) is 0 Å². The lowest BCUT2D eigenvalue weighted by Gasteiger charge is -2.16. The van der Waals surface area contributed by atoms with E-state index in [2.05, 4.69) is 6.92 Å². The smallest absolute Gasteiger partial charge is 0.340 e. The Morgan fingerprint density at radius 3 is 1.59 bits per heavy atom. The molecule has 0 bridgehead atoms. The highest BCUT2D eigenvalue weighted by Gasteiger charge is 2.41. The van der Waals surface area contributed by atoms with Gasteiger partial charge in [-0.2, -0.15) is 8.78 Å². The van der Waals surface area contributed by atoms with Crippen molar-refractivity contribution in [3.8, 4) is 23.0 Å². The van der Waals surface area contributed by atoms with E-state index in [1.54, 1.807) is 12.1 Å². The maximum atomic E-state index is 12.9. The van der Waals surface area contributed by atoms with E-state index < -0.39 is 19.0 Å². The molecule has 3 nitrogen and oxygen atoms in total. The van der Waals surface area contributed by atoms with Crippen LogP contribution in [-0.4, -0.2) is 25.6 Å². The Morgan fingerprint density at radius 2 is 1.09 bits per heavy atom. The zero-order valence-corrected chi connectivity index (χ0v) is 18.5. The normalized spacial score (nSPS) is 11.6. The Hall–Kier alpha value is -2.44. The molecule has 0 aliphatic carbocycles. The van der Waals surface area contributed by atoms with E-state index >= 15 is 0 Å². The first-order valence-corrected chi connectivity index (χ1v) is 11.2. The summed E-state index contributed by atoms with van der Waals surface area (Å²) >= 11 is 0. The average molecular weight is 457 g/mol. The summed E-state index contributed by atoms with van der Waals surface area (Å²) in [5.41, 5.74) is 0. The second kappa shape index (κ2) is 13.9. The molecule has 0 radical (unpaired) electrons. The highest BCUT2D eigenvalue weighted by molar-refractivity contribution is 5.37. The van der Waals surface area contributed by atoms with Gasteiger partial charge in [-0.3, -0.25) is 0 Å². The fourth-order valence-electron chi connectivity index (χ4n) is 3.01. The van der Waals surface area contributed by atoms with Crippen LogP contribution >= 0.6 is 0 Å². The Balaban J connectivity index is 1.67. The predicted molar refractivity (Wildman–Crippen MR) is 118 cm³/mol. The molecule has 0 saturated heterocycles. The van der Waals surface area contributed by atoms with E-state index in [4.69, 9.17) is 14.2 Å². The first kappa shape index (κ1) is 25.8. The van der Waals surface area contributed by atoms with Gasteiger partial charge < -0.3 is 14.2 Å². The van der Waals surface area contributed by atoms with E-state index in [0.717, 1.165) is 12.2 Å². The minimum atomic E-state index is -4.19. The van der Waals surface area contributed by atoms with Crippen molar-refractivity contribution >= 4 is 0 Å². The Bertz CT molecular complexity index is 749. The second-order valence-electron chi connectivity index (χ2n) is 7.72. The lowest BCUT2D eigenvalue weighted by atomic mass is 10.1. The molecular formula is C25H32F4O3. The van der Waals surface area contributed by atoms with E-state index in [0.29, 0.717) is 18.1 Å². The van der Waals surface area contributed by atoms with E-state index in [1.165, 1.54) is 69.2 Å². The lowest BCUT2D eigenvalue weighted by molar-refractivity contribution is -0.148. The van der Waals surface area contributed by atoms with Gasteiger partial charge >= 0.3 is 12.3 Å². The Kier molecular flexibility index (Phi) is 11.2. The van der Waals surface area contributed by atoms with Gasteiger partial charge in [0.2, 0.25) is 0 Å². The molecular weight excluding hydrogens is 424 g/mol. The van der Waals surface area contributed by atoms with Crippen molar-refractivity contribution in [1.82, 2.24) is 0 Å². The fraction of sp³-hybridized carbons (Fsp3) is 0.520. The van der Waals surface area contributed by atoms with Gasteiger partial charge in [-0.1, -0.05) is 51.9 Å². The zero-order valence-electron chi connectivity index (χ0n) is 18.5. The van der Waals surface area contributed by atoms with Gasteiger partial charge in [-0.05, 0) is 55.0 Å². The third-order valence-corrected chi connectivity index (χ3v) is 4.90. The fourth-order valence-corrected chi connectivity index (χ4v) is 3.01. The highest BCUT2D eigenvalue weighted by atomic mass is 19.3. The number of unbranched alkanes of at least 4 members (excludes halogenated alkanes) is 7. The number of ether oxygens (including phenoxy) is 3. The van der Waals surface area contributed by atoms with Crippen molar-refractivity contribution in [3.05, 3.63) is 48.5 Å². The molecule has 0 saturated carbocycles. The lowest BCUT2D eigenvalue weighted by Crippen LogP contribution is -2.33. The van der Waals surface area contributed by atoms with Crippen LogP contribution < -0.4 is 14.2 Å². The molecule has 2 rings (SSSR count). The molecule has 0 fully saturated rings. The molecule has 2 aromatic carbocycles. The molecule has 0 heterocycles.